The molecule has 0 aromatic carbocycles. The van der Waals surface area contributed by atoms with Crippen LogP contribution < -0.4 is 0 Å². The van der Waals surface area contributed by atoms with E-state index in [1.807, 2.05) is 32.9 Å². The fourth-order valence-corrected chi connectivity index (χ4v) is 3.06. The first-order valence-electron chi connectivity index (χ1n) is 7.05. The van der Waals surface area contributed by atoms with Gasteiger partial charge < -0.3 is 5.11 Å². The Morgan fingerprint density at radius 2 is 1.95 bits per heavy atom. The number of carboxylic acid groups (broad SMARTS) is 1. The molecule has 1 unspecified atom stereocenters. The topological polar surface area (TPSA) is 56.7 Å². The zero-order valence-electron chi connectivity index (χ0n) is 12.7. The number of hydrogen-bond donors (Lipinski definition) is 1. The lowest BCUT2D eigenvalue weighted by Gasteiger charge is -2.48. The van der Waals surface area contributed by atoms with E-state index in [-0.39, 0.29) is 0 Å². The molecule has 1 aliphatic rings. The minimum absolute atomic E-state index is 0.515. The Morgan fingerprint density at radius 3 is 2.45 bits per heavy atom. The van der Waals surface area contributed by atoms with Gasteiger partial charge in [-0.25, -0.2) is 4.79 Å². The molecule has 20 heavy (non-hydrogen) atoms. The number of pyridine rings is 1. The highest BCUT2D eigenvalue weighted by atomic mass is 16.4. The van der Waals surface area contributed by atoms with E-state index in [2.05, 4.69) is 16.8 Å². The smallest absolute Gasteiger partial charge is 0.408 e. The van der Waals surface area contributed by atoms with Crippen LogP contribution in [0.1, 0.15) is 30.8 Å². The Kier molecular flexibility index (Phi) is 3.99. The first-order valence-corrected chi connectivity index (χ1v) is 7.05. The van der Waals surface area contributed by atoms with Crippen LogP contribution in [0.15, 0.2) is 12.1 Å². The molecule has 1 fully saturated rings. The summed E-state index contributed by atoms with van der Waals surface area (Å²) in [4.78, 5) is 19.8. The first kappa shape index (κ1) is 14.8. The monoisotopic (exact) mass is 277 g/mol. The van der Waals surface area contributed by atoms with Crippen molar-refractivity contribution < 1.29 is 9.90 Å². The summed E-state index contributed by atoms with van der Waals surface area (Å²) in [5.74, 6) is 0. The lowest BCUT2D eigenvalue weighted by atomic mass is 9.87. The van der Waals surface area contributed by atoms with Gasteiger partial charge >= 0.3 is 6.09 Å². The van der Waals surface area contributed by atoms with E-state index in [1.54, 1.807) is 4.90 Å². The summed E-state index contributed by atoms with van der Waals surface area (Å²) in [7, 11) is 0. The molecule has 0 saturated carbocycles. The van der Waals surface area contributed by atoms with Crippen molar-refractivity contribution in [3.63, 3.8) is 0 Å². The van der Waals surface area contributed by atoms with Gasteiger partial charge in [0.2, 0.25) is 0 Å². The van der Waals surface area contributed by atoms with Gasteiger partial charge in [-0.2, -0.15) is 0 Å². The molecule has 5 nitrogen and oxygen atoms in total. The zero-order chi connectivity index (χ0) is 14.9. The largest absolute Gasteiger partial charge is 0.465 e. The number of nitrogens with zero attached hydrogens (tertiary/aromatic N) is 3. The van der Waals surface area contributed by atoms with Crippen LogP contribution in [-0.4, -0.2) is 52.2 Å². The van der Waals surface area contributed by atoms with E-state index in [4.69, 9.17) is 0 Å². The molecule has 1 atom stereocenters. The third-order valence-electron chi connectivity index (χ3n) is 4.15. The SMILES string of the molecule is CCN1CCN(C(=O)O)C(C)(c2cc(C)nc(C)c2)C1. The van der Waals surface area contributed by atoms with Crippen molar-refractivity contribution in [1.29, 1.82) is 0 Å². The van der Waals surface area contributed by atoms with Gasteiger partial charge in [-0.3, -0.25) is 14.8 Å². The Morgan fingerprint density at radius 1 is 1.35 bits per heavy atom. The molecule has 1 amide bonds. The van der Waals surface area contributed by atoms with Crippen molar-refractivity contribution in [2.75, 3.05) is 26.2 Å². The number of amides is 1. The minimum Gasteiger partial charge on any atom is -0.465 e. The number of carbonyl (C=O) groups is 1. The van der Waals surface area contributed by atoms with E-state index >= 15 is 0 Å². The Hall–Kier alpha value is -1.62. The van der Waals surface area contributed by atoms with Crippen LogP contribution in [0.5, 0.6) is 0 Å². The fourth-order valence-electron chi connectivity index (χ4n) is 3.06. The highest BCUT2D eigenvalue weighted by Crippen LogP contribution is 2.33. The van der Waals surface area contributed by atoms with Crippen molar-refractivity contribution in [2.45, 2.75) is 33.2 Å². The average molecular weight is 277 g/mol. The average Bonchev–Trinajstić information content (AvgIpc) is 2.36. The zero-order valence-corrected chi connectivity index (χ0v) is 12.7. The van der Waals surface area contributed by atoms with Crippen molar-refractivity contribution >= 4 is 6.09 Å². The van der Waals surface area contributed by atoms with Gasteiger partial charge in [0.1, 0.15) is 0 Å². The number of hydrogen-bond acceptors (Lipinski definition) is 3. The number of piperazine rings is 1. The first-order chi connectivity index (χ1) is 9.36. The predicted molar refractivity (Wildman–Crippen MR) is 77.9 cm³/mol. The molecule has 1 saturated heterocycles. The van der Waals surface area contributed by atoms with Gasteiger partial charge in [-0.15, -0.1) is 0 Å². The van der Waals surface area contributed by atoms with Gasteiger partial charge in [0.15, 0.2) is 0 Å². The molecule has 2 rings (SSSR count). The number of likely N-dealkylation sites (N-methyl/N-ethyl adjacent to an activating group) is 1. The van der Waals surface area contributed by atoms with Crippen LogP contribution >= 0.6 is 0 Å². The molecule has 0 spiro atoms. The van der Waals surface area contributed by atoms with Gasteiger partial charge in [0.25, 0.3) is 0 Å². The minimum atomic E-state index is -0.852. The summed E-state index contributed by atoms with van der Waals surface area (Å²) in [6.45, 7) is 11.0. The molecule has 0 radical (unpaired) electrons. The summed E-state index contributed by atoms with van der Waals surface area (Å²) in [6.07, 6.45) is -0.852. The second-order valence-corrected chi connectivity index (χ2v) is 5.72. The number of rotatable bonds is 2. The molecule has 1 aliphatic heterocycles. The molecule has 5 heteroatoms. The Balaban J connectivity index is 2.47. The van der Waals surface area contributed by atoms with Crippen LogP contribution in [-0.2, 0) is 5.54 Å². The molecule has 110 valence electrons. The van der Waals surface area contributed by atoms with Gasteiger partial charge in [0.05, 0.1) is 5.54 Å². The second-order valence-electron chi connectivity index (χ2n) is 5.72. The van der Waals surface area contributed by atoms with Crippen LogP contribution in [0.2, 0.25) is 0 Å². The molecular formula is C15H23N3O2. The van der Waals surface area contributed by atoms with E-state index in [9.17, 15) is 9.90 Å². The molecule has 0 aliphatic carbocycles. The summed E-state index contributed by atoms with van der Waals surface area (Å²) < 4.78 is 0. The second kappa shape index (κ2) is 5.40. The van der Waals surface area contributed by atoms with E-state index in [0.29, 0.717) is 6.54 Å². The number of aryl methyl sites for hydroxylation is 2. The van der Waals surface area contributed by atoms with Crippen LogP contribution in [0, 0.1) is 13.8 Å². The third-order valence-corrected chi connectivity index (χ3v) is 4.15. The molecule has 1 N–H and O–H groups in total. The summed E-state index contributed by atoms with van der Waals surface area (Å²) in [6, 6.07) is 4.00. The normalized spacial score (nSPS) is 23.9. The summed E-state index contributed by atoms with van der Waals surface area (Å²) >= 11 is 0. The van der Waals surface area contributed by atoms with Crippen LogP contribution in [0.3, 0.4) is 0 Å². The van der Waals surface area contributed by atoms with E-state index < -0.39 is 11.6 Å². The standard InChI is InChI=1S/C15H23N3O2/c1-5-17-6-7-18(14(19)20)15(4,10-17)13-8-11(2)16-12(3)9-13/h8-9H,5-7,10H2,1-4H3,(H,19,20). The Bertz CT molecular complexity index is 498. The van der Waals surface area contributed by atoms with Crippen LogP contribution in [0.25, 0.3) is 0 Å². The Labute approximate surface area is 120 Å². The maximum absolute atomic E-state index is 11.6. The number of aromatic nitrogens is 1. The molecule has 2 heterocycles. The maximum Gasteiger partial charge on any atom is 0.408 e. The lowest BCUT2D eigenvalue weighted by Crippen LogP contribution is -2.60. The van der Waals surface area contributed by atoms with Crippen LogP contribution in [0.4, 0.5) is 4.79 Å². The molecule has 0 bridgehead atoms. The third kappa shape index (κ3) is 2.63. The summed E-state index contributed by atoms with van der Waals surface area (Å²) in [5, 5.41) is 9.52. The van der Waals surface area contributed by atoms with Crippen molar-refractivity contribution in [3.8, 4) is 0 Å². The van der Waals surface area contributed by atoms with Gasteiger partial charge in [-0.1, -0.05) is 6.92 Å². The van der Waals surface area contributed by atoms with Crippen molar-refractivity contribution in [3.05, 3.63) is 29.1 Å². The molecule has 1 aromatic heterocycles. The predicted octanol–water partition coefficient (Wildman–Crippen LogP) is 2.23. The fraction of sp³-hybridized carbons (Fsp3) is 0.600. The van der Waals surface area contributed by atoms with Crippen molar-refractivity contribution in [2.24, 2.45) is 0 Å². The molecule has 1 aromatic rings. The highest BCUT2D eigenvalue weighted by Gasteiger charge is 2.41. The van der Waals surface area contributed by atoms with E-state index in [1.165, 1.54) is 0 Å². The quantitative estimate of drug-likeness (QED) is 0.900. The lowest BCUT2D eigenvalue weighted by molar-refractivity contribution is 0.0153. The van der Waals surface area contributed by atoms with E-state index in [0.717, 1.165) is 36.6 Å². The molecular weight excluding hydrogens is 254 g/mol. The summed E-state index contributed by atoms with van der Waals surface area (Å²) in [5.41, 5.74) is 2.38. The van der Waals surface area contributed by atoms with Gasteiger partial charge in [0, 0.05) is 31.0 Å². The highest BCUT2D eigenvalue weighted by molar-refractivity contribution is 5.67. The van der Waals surface area contributed by atoms with Crippen molar-refractivity contribution in [1.82, 2.24) is 14.8 Å². The maximum atomic E-state index is 11.6. The van der Waals surface area contributed by atoms with Gasteiger partial charge in [-0.05, 0) is 45.0 Å².